The van der Waals surface area contributed by atoms with E-state index < -0.39 is 17.4 Å². The first-order valence-corrected chi connectivity index (χ1v) is 6.34. The molecule has 0 radical (unpaired) electrons. The van der Waals surface area contributed by atoms with E-state index in [0.29, 0.717) is 6.42 Å². The summed E-state index contributed by atoms with van der Waals surface area (Å²) in [5, 5.41) is 18.1. The number of hydrogen-bond donors (Lipinski definition) is 2. The summed E-state index contributed by atoms with van der Waals surface area (Å²) in [6.07, 6.45) is 6.09. The number of carboxylic acid groups (broad SMARTS) is 2. The van der Waals surface area contributed by atoms with Gasteiger partial charge in [-0.3, -0.25) is 9.59 Å². The van der Waals surface area contributed by atoms with Gasteiger partial charge in [-0.05, 0) is 19.3 Å². The zero-order valence-corrected chi connectivity index (χ0v) is 12.0. The minimum Gasteiger partial charge on any atom is -1.00 e. The average molecular weight is 252 g/mol. The van der Waals surface area contributed by atoms with Crippen molar-refractivity contribution in [2.45, 2.75) is 59.3 Å². The maximum absolute atomic E-state index is 11.1. The first-order chi connectivity index (χ1) is 7.87. The smallest absolute Gasteiger partial charge is 1.00 e. The van der Waals surface area contributed by atoms with Gasteiger partial charge in [0.05, 0.1) is 0 Å². The van der Waals surface area contributed by atoms with Gasteiger partial charge in [-0.25, -0.2) is 0 Å². The minimum absolute atomic E-state index is 0. The van der Waals surface area contributed by atoms with Crippen molar-refractivity contribution in [3.8, 4) is 0 Å². The van der Waals surface area contributed by atoms with E-state index in [0.717, 1.165) is 25.7 Å². The van der Waals surface area contributed by atoms with E-state index in [2.05, 4.69) is 6.92 Å². The summed E-state index contributed by atoms with van der Waals surface area (Å²) in [4.78, 5) is 22.1. The molecule has 0 saturated carbocycles. The van der Waals surface area contributed by atoms with Gasteiger partial charge in [0, 0.05) is 0 Å². The molecule has 0 rings (SSSR count). The summed E-state index contributed by atoms with van der Waals surface area (Å²) >= 11 is 0. The fourth-order valence-corrected chi connectivity index (χ4v) is 1.86. The van der Waals surface area contributed by atoms with Crippen LogP contribution in [0.2, 0.25) is 0 Å². The Hall–Kier alpha value is -0.463. The Bertz CT molecular complexity index is 257. The van der Waals surface area contributed by atoms with Crippen LogP contribution in [0.5, 0.6) is 0 Å². The molecular weight excluding hydrogens is 227 g/mol. The normalized spacial score (nSPS) is 12.6. The molecule has 0 aliphatic heterocycles. The minimum atomic E-state index is -1.66. The summed E-state index contributed by atoms with van der Waals surface area (Å²) in [5.74, 6) is -2.84. The van der Waals surface area contributed by atoms with Gasteiger partial charge >= 0.3 is 30.8 Å². The van der Waals surface area contributed by atoms with Gasteiger partial charge in [-0.2, -0.15) is 0 Å². The SMILES string of the molecule is CCCCCCCC(C)C(C)(C(=O)O)C(=O)O.[H-].[Li+]. The molecule has 18 heavy (non-hydrogen) atoms. The van der Waals surface area contributed by atoms with Crippen molar-refractivity contribution in [1.82, 2.24) is 0 Å². The summed E-state index contributed by atoms with van der Waals surface area (Å²) in [7, 11) is 0. The van der Waals surface area contributed by atoms with Crippen LogP contribution in [-0.2, 0) is 9.59 Å². The second kappa shape index (κ2) is 9.47. The van der Waals surface area contributed by atoms with Gasteiger partial charge in [0.2, 0.25) is 0 Å². The molecule has 0 aromatic rings. The predicted octanol–water partition coefficient (Wildman–Crippen LogP) is 0.275. The zero-order valence-electron chi connectivity index (χ0n) is 13.0. The Morgan fingerprint density at radius 1 is 1.11 bits per heavy atom. The molecular formula is C13H25LiO4. The zero-order chi connectivity index (χ0) is 13.5. The van der Waals surface area contributed by atoms with Gasteiger partial charge in [0.25, 0.3) is 0 Å². The Morgan fingerprint density at radius 3 is 1.94 bits per heavy atom. The Balaban J connectivity index is -0.00000128. The van der Waals surface area contributed by atoms with Crippen LogP contribution in [0.15, 0.2) is 0 Å². The number of hydrogen-bond acceptors (Lipinski definition) is 2. The van der Waals surface area contributed by atoms with Gasteiger partial charge in [-0.15, -0.1) is 0 Å². The first-order valence-electron chi connectivity index (χ1n) is 6.34. The van der Waals surface area contributed by atoms with Crippen molar-refractivity contribution in [1.29, 1.82) is 0 Å². The molecule has 1 atom stereocenters. The van der Waals surface area contributed by atoms with E-state index in [-0.39, 0.29) is 26.2 Å². The fraction of sp³-hybridized carbons (Fsp3) is 0.846. The number of aliphatic carboxylic acids is 2. The van der Waals surface area contributed by atoms with E-state index in [1.807, 2.05) is 0 Å². The van der Waals surface area contributed by atoms with Crippen molar-refractivity contribution in [2.75, 3.05) is 0 Å². The molecule has 0 bridgehead atoms. The molecule has 0 saturated heterocycles. The molecule has 5 heteroatoms. The van der Waals surface area contributed by atoms with Crippen LogP contribution in [0, 0.1) is 11.3 Å². The summed E-state index contributed by atoms with van der Waals surface area (Å²) < 4.78 is 0. The molecule has 0 amide bonds. The van der Waals surface area contributed by atoms with Crippen LogP contribution in [-0.4, -0.2) is 22.2 Å². The third-order valence-corrected chi connectivity index (χ3v) is 3.61. The van der Waals surface area contributed by atoms with Crippen LogP contribution in [0.1, 0.15) is 60.7 Å². The largest absolute Gasteiger partial charge is 1.00 e. The quantitative estimate of drug-likeness (QED) is 0.351. The molecule has 0 aliphatic rings. The van der Waals surface area contributed by atoms with Crippen molar-refractivity contribution >= 4 is 11.9 Å². The molecule has 102 valence electrons. The van der Waals surface area contributed by atoms with Crippen LogP contribution in [0.4, 0.5) is 0 Å². The second-order valence-corrected chi connectivity index (χ2v) is 4.92. The van der Waals surface area contributed by atoms with Crippen LogP contribution < -0.4 is 18.9 Å². The van der Waals surface area contributed by atoms with Crippen molar-refractivity contribution in [3.05, 3.63) is 0 Å². The number of unbranched alkanes of at least 4 members (excludes halogenated alkanes) is 4. The topological polar surface area (TPSA) is 74.6 Å². The Labute approximate surface area is 123 Å². The Kier molecular flexibility index (Phi) is 10.4. The van der Waals surface area contributed by atoms with Crippen LogP contribution in [0.25, 0.3) is 0 Å². The van der Waals surface area contributed by atoms with Gasteiger partial charge in [0.15, 0.2) is 5.41 Å². The molecule has 0 spiro atoms. The molecule has 0 aromatic heterocycles. The third kappa shape index (κ3) is 5.45. The molecule has 0 aliphatic carbocycles. The van der Waals surface area contributed by atoms with Crippen molar-refractivity contribution in [2.24, 2.45) is 11.3 Å². The van der Waals surface area contributed by atoms with Crippen LogP contribution >= 0.6 is 0 Å². The molecule has 4 nitrogen and oxygen atoms in total. The molecule has 1 unspecified atom stereocenters. The van der Waals surface area contributed by atoms with E-state index in [4.69, 9.17) is 10.2 Å². The maximum atomic E-state index is 11.1. The molecule has 0 aromatic carbocycles. The number of carbonyl (C=O) groups is 2. The van der Waals surface area contributed by atoms with Gasteiger partial charge in [0.1, 0.15) is 0 Å². The monoisotopic (exact) mass is 252 g/mol. The second-order valence-electron chi connectivity index (χ2n) is 4.92. The number of rotatable bonds is 9. The summed E-state index contributed by atoms with van der Waals surface area (Å²) in [6, 6.07) is 0. The van der Waals surface area contributed by atoms with E-state index in [1.54, 1.807) is 6.92 Å². The van der Waals surface area contributed by atoms with E-state index >= 15 is 0 Å². The standard InChI is InChI=1S/C13H24O4.Li.H/c1-4-5-6-7-8-9-10(2)13(3,11(14)15)12(16)17;;/h10H,4-9H2,1-3H3,(H,14,15)(H,16,17);;/q;+1;-1. The third-order valence-electron chi connectivity index (χ3n) is 3.61. The first kappa shape index (κ1) is 19.9. The van der Waals surface area contributed by atoms with Crippen molar-refractivity contribution in [3.63, 3.8) is 0 Å². The van der Waals surface area contributed by atoms with Crippen molar-refractivity contribution < 1.29 is 40.1 Å². The Morgan fingerprint density at radius 2 is 1.56 bits per heavy atom. The predicted molar refractivity (Wildman–Crippen MR) is 67.0 cm³/mol. The summed E-state index contributed by atoms with van der Waals surface area (Å²) in [6.45, 7) is 5.14. The van der Waals surface area contributed by atoms with E-state index in [9.17, 15) is 9.59 Å². The fourth-order valence-electron chi connectivity index (χ4n) is 1.86. The average Bonchev–Trinajstić information content (AvgIpc) is 2.26. The molecule has 0 heterocycles. The molecule has 0 fully saturated rings. The van der Waals surface area contributed by atoms with Gasteiger partial charge in [-0.1, -0.05) is 46.0 Å². The maximum Gasteiger partial charge on any atom is 1.00 e. The van der Waals surface area contributed by atoms with E-state index in [1.165, 1.54) is 13.3 Å². The van der Waals surface area contributed by atoms with Crippen LogP contribution in [0.3, 0.4) is 0 Å². The van der Waals surface area contributed by atoms with Gasteiger partial charge < -0.3 is 11.6 Å². The summed E-state index contributed by atoms with van der Waals surface area (Å²) in [5.41, 5.74) is -1.66. The molecule has 2 N–H and O–H groups in total. The number of carboxylic acids is 2.